The molecule has 19 heavy (non-hydrogen) atoms. The van der Waals surface area contributed by atoms with E-state index in [0.717, 1.165) is 25.7 Å². The van der Waals surface area contributed by atoms with E-state index in [1.807, 2.05) is 4.90 Å². The van der Waals surface area contributed by atoms with Gasteiger partial charge in [-0.1, -0.05) is 19.8 Å². The maximum Gasteiger partial charge on any atom is 0.323 e. The zero-order valence-corrected chi connectivity index (χ0v) is 12.5. The van der Waals surface area contributed by atoms with Gasteiger partial charge in [0.2, 0.25) is 0 Å². The Labute approximate surface area is 115 Å². The molecule has 2 heterocycles. The largest absolute Gasteiger partial charge is 0.468 e. The van der Waals surface area contributed by atoms with Gasteiger partial charge in [0.15, 0.2) is 9.84 Å². The molecule has 0 bridgehead atoms. The van der Waals surface area contributed by atoms with Crippen LogP contribution in [-0.2, 0) is 19.4 Å². The third-order valence-corrected chi connectivity index (χ3v) is 6.65. The van der Waals surface area contributed by atoms with E-state index in [2.05, 4.69) is 6.92 Å². The van der Waals surface area contributed by atoms with Crippen molar-refractivity contribution in [1.82, 2.24) is 4.90 Å². The molecule has 110 valence electrons. The Morgan fingerprint density at radius 2 is 2.16 bits per heavy atom. The van der Waals surface area contributed by atoms with Gasteiger partial charge in [0.05, 0.1) is 18.1 Å². The molecule has 0 radical (unpaired) electrons. The fourth-order valence-corrected chi connectivity index (χ4v) is 5.42. The topological polar surface area (TPSA) is 63.7 Å². The maximum absolute atomic E-state index is 11.9. The molecule has 0 unspecified atom stereocenters. The summed E-state index contributed by atoms with van der Waals surface area (Å²) in [6.07, 6.45) is 3.47. The molecule has 2 aliphatic heterocycles. The molecule has 0 aliphatic carbocycles. The number of carbonyl (C=O) groups excluding carboxylic acids is 1. The van der Waals surface area contributed by atoms with Gasteiger partial charge in [-0.05, 0) is 18.8 Å². The Bertz CT molecular complexity index is 434. The van der Waals surface area contributed by atoms with Crippen LogP contribution in [0.25, 0.3) is 0 Å². The number of nitrogens with zero attached hydrogens (tertiary/aromatic N) is 1. The Balaban J connectivity index is 2.06. The number of methoxy groups -OCH3 is 1. The van der Waals surface area contributed by atoms with Crippen molar-refractivity contribution in [3.8, 4) is 0 Å². The number of esters is 1. The molecule has 0 saturated carbocycles. The average molecular weight is 289 g/mol. The molecule has 0 amide bonds. The van der Waals surface area contributed by atoms with Crippen molar-refractivity contribution in [3.63, 3.8) is 0 Å². The minimum absolute atomic E-state index is 0.207. The molecule has 3 atom stereocenters. The molecule has 0 aromatic carbocycles. The number of hydrogen-bond donors (Lipinski definition) is 0. The highest BCUT2D eigenvalue weighted by atomic mass is 32.2. The molecule has 6 heteroatoms. The molecular weight excluding hydrogens is 266 g/mol. The van der Waals surface area contributed by atoms with Crippen LogP contribution >= 0.6 is 0 Å². The van der Waals surface area contributed by atoms with Gasteiger partial charge in [0.25, 0.3) is 0 Å². The summed E-state index contributed by atoms with van der Waals surface area (Å²) in [7, 11) is -1.54. The maximum atomic E-state index is 11.9. The van der Waals surface area contributed by atoms with Crippen LogP contribution in [0, 0.1) is 5.92 Å². The highest BCUT2D eigenvalue weighted by Crippen LogP contribution is 2.35. The Hall–Kier alpha value is -0.620. The van der Waals surface area contributed by atoms with Crippen molar-refractivity contribution in [3.05, 3.63) is 0 Å². The van der Waals surface area contributed by atoms with E-state index in [0.29, 0.717) is 18.8 Å². The van der Waals surface area contributed by atoms with Crippen LogP contribution in [0.5, 0.6) is 0 Å². The average Bonchev–Trinajstić information content (AvgIpc) is 2.91. The van der Waals surface area contributed by atoms with E-state index in [4.69, 9.17) is 4.74 Å². The standard InChI is InChI=1S/C13H23NO4S/c1-3-4-5-11(13(15)18-2)14-8-10-6-7-19(16,17)12(10)9-14/h10-12H,3-9H2,1-2H3/t10-,11-,12+/m0/s1. The van der Waals surface area contributed by atoms with Gasteiger partial charge in [-0.15, -0.1) is 0 Å². The summed E-state index contributed by atoms with van der Waals surface area (Å²) in [6, 6.07) is -0.272. The summed E-state index contributed by atoms with van der Waals surface area (Å²) in [4.78, 5) is 13.9. The van der Waals surface area contributed by atoms with Crippen molar-refractivity contribution in [1.29, 1.82) is 0 Å². The van der Waals surface area contributed by atoms with Crippen molar-refractivity contribution in [2.45, 2.75) is 43.9 Å². The highest BCUT2D eigenvalue weighted by Gasteiger charge is 2.48. The number of carbonyl (C=O) groups is 1. The molecule has 2 saturated heterocycles. The quantitative estimate of drug-likeness (QED) is 0.702. The van der Waals surface area contributed by atoms with Crippen LogP contribution in [-0.4, -0.2) is 56.5 Å². The lowest BCUT2D eigenvalue weighted by atomic mass is 10.1. The molecule has 2 fully saturated rings. The van der Waals surface area contributed by atoms with Crippen LogP contribution in [0.3, 0.4) is 0 Å². The number of ether oxygens (including phenoxy) is 1. The molecule has 2 rings (SSSR count). The van der Waals surface area contributed by atoms with Crippen LogP contribution in [0.2, 0.25) is 0 Å². The lowest BCUT2D eigenvalue weighted by molar-refractivity contribution is -0.147. The summed E-state index contributed by atoms with van der Waals surface area (Å²) in [6.45, 7) is 3.29. The van der Waals surface area contributed by atoms with Crippen molar-refractivity contribution >= 4 is 15.8 Å². The van der Waals surface area contributed by atoms with Crippen molar-refractivity contribution in [2.75, 3.05) is 26.0 Å². The second kappa shape index (κ2) is 5.79. The SMILES string of the molecule is CCCC[C@@H](C(=O)OC)N1C[C@@H]2CCS(=O)(=O)[C@@H]2C1. The van der Waals surface area contributed by atoms with Crippen molar-refractivity contribution in [2.24, 2.45) is 5.92 Å². The number of rotatable bonds is 5. The lowest BCUT2D eigenvalue weighted by Gasteiger charge is -2.26. The fourth-order valence-electron chi connectivity index (χ4n) is 3.26. The second-order valence-electron chi connectivity index (χ2n) is 5.59. The van der Waals surface area contributed by atoms with Crippen LogP contribution in [0.15, 0.2) is 0 Å². The Morgan fingerprint density at radius 3 is 2.74 bits per heavy atom. The van der Waals surface area contributed by atoms with Gasteiger partial charge in [-0.25, -0.2) is 8.42 Å². The van der Waals surface area contributed by atoms with Gasteiger partial charge in [-0.3, -0.25) is 9.69 Å². The molecule has 2 aliphatic rings. The lowest BCUT2D eigenvalue weighted by Crippen LogP contribution is -2.42. The minimum atomic E-state index is -2.94. The summed E-state index contributed by atoms with van der Waals surface area (Å²) in [5.41, 5.74) is 0. The van der Waals surface area contributed by atoms with Gasteiger partial charge in [-0.2, -0.15) is 0 Å². The van der Waals surface area contributed by atoms with Crippen LogP contribution in [0.1, 0.15) is 32.6 Å². The monoisotopic (exact) mass is 289 g/mol. The molecule has 0 spiro atoms. The molecule has 5 nitrogen and oxygen atoms in total. The highest BCUT2D eigenvalue weighted by molar-refractivity contribution is 7.92. The van der Waals surface area contributed by atoms with E-state index in [9.17, 15) is 13.2 Å². The zero-order valence-electron chi connectivity index (χ0n) is 11.7. The predicted octanol–water partition coefficient (Wildman–Crippen LogP) is 0.837. The summed E-state index contributed by atoms with van der Waals surface area (Å²) < 4.78 is 28.7. The Morgan fingerprint density at radius 1 is 1.42 bits per heavy atom. The van der Waals surface area contributed by atoms with E-state index >= 15 is 0 Å². The number of likely N-dealkylation sites (tertiary alicyclic amines) is 1. The third kappa shape index (κ3) is 2.94. The Kier molecular flexibility index (Phi) is 4.50. The van der Waals surface area contributed by atoms with Gasteiger partial charge < -0.3 is 4.74 Å². The van der Waals surface area contributed by atoms with Gasteiger partial charge >= 0.3 is 5.97 Å². The number of hydrogen-bond acceptors (Lipinski definition) is 5. The minimum Gasteiger partial charge on any atom is -0.468 e. The molecule has 0 aromatic heterocycles. The van der Waals surface area contributed by atoms with Crippen LogP contribution in [0.4, 0.5) is 0 Å². The second-order valence-corrected chi connectivity index (χ2v) is 7.93. The number of sulfone groups is 1. The smallest absolute Gasteiger partial charge is 0.323 e. The third-order valence-electron chi connectivity index (χ3n) is 4.39. The first-order valence-corrected chi connectivity index (χ1v) is 8.74. The summed E-state index contributed by atoms with van der Waals surface area (Å²) in [5.74, 6) is 0.290. The number of fused-ring (bicyclic) bond motifs is 1. The van der Waals surface area contributed by atoms with Gasteiger partial charge in [0.1, 0.15) is 6.04 Å². The first-order chi connectivity index (χ1) is 8.99. The first kappa shape index (κ1) is 14.8. The van der Waals surface area contributed by atoms with E-state index in [-0.39, 0.29) is 23.2 Å². The van der Waals surface area contributed by atoms with E-state index < -0.39 is 9.84 Å². The van der Waals surface area contributed by atoms with E-state index in [1.165, 1.54) is 7.11 Å². The van der Waals surface area contributed by atoms with Gasteiger partial charge in [0, 0.05) is 13.1 Å². The first-order valence-electron chi connectivity index (χ1n) is 7.03. The normalized spacial score (nSPS) is 31.1. The summed E-state index contributed by atoms with van der Waals surface area (Å²) in [5, 5.41) is -0.263. The molecular formula is C13H23NO4S. The molecule has 0 aromatic rings. The molecule has 0 N–H and O–H groups in total. The summed E-state index contributed by atoms with van der Waals surface area (Å²) >= 11 is 0. The zero-order chi connectivity index (χ0) is 14.0. The van der Waals surface area contributed by atoms with Crippen molar-refractivity contribution < 1.29 is 17.9 Å². The van der Waals surface area contributed by atoms with Crippen LogP contribution < -0.4 is 0 Å². The predicted molar refractivity (Wildman–Crippen MR) is 72.6 cm³/mol. The number of unbranched alkanes of at least 4 members (excludes halogenated alkanes) is 1. The van der Waals surface area contributed by atoms with E-state index in [1.54, 1.807) is 0 Å². The fraction of sp³-hybridized carbons (Fsp3) is 0.923.